The lowest BCUT2D eigenvalue weighted by Gasteiger charge is -2.18. The molecule has 7 nitrogen and oxygen atoms in total. The first-order chi connectivity index (χ1) is 17.3. The molecule has 1 aliphatic rings. The number of rotatable bonds is 11. The molecule has 4 rings (SSSR count). The maximum Gasteiger partial charge on any atom is 0.307 e. The minimum Gasteiger partial charge on any atom is -0.492 e. The SMILES string of the molecule is CCCCCCOc1c2c(c(OC(C)C)c3ccccc13)C(=O)N(c1ccc(CC(=O)O)cc1)C2=O. The molecule has 7 heteroatoms. The van der Waals surface area contributed by atoms with Crippen molar-refractivity contribution in [2.45, 2.75) is 59.0 Å². The molecule has 3 aromatic carbocycles. The molecular formula is C29H31NO6. The Bertz CT molecular complexity index is 1300. The lowest BCUT2D eigenvalue weighted by Crippen LogP contribution is -2.29. The molecule has 0 atom stereocenters. The summed E-state index contributed by atoms with van der Waals surface area (Å²) in [6, 6.07) is 13.9. The quantitative estimate of drug-likeness (QED) is 0.262. The van der Waals surface area contributed by atoms with E-state index in [0.717, 1.165) is 36.0 Å². The van der Waals surface area contributed by atoms with Crippen molar-refractivity contribution in [2.24, 2.45) is 0 Å². The van der Waals surface area contributed by atoms with Crippen molar-refractivity contribution in [1.82, 2.24) is 0 Å². The second kappa shape index (κ2) is 10.8. The summed E-state index contributed by atoms with van der Waals surface area (Å²) < 4.78 is 12.3. The predicted molar refractivity (Wildman–Crippen MR) is 138 cm³/mol. The molecule has 36 heavy (non-hydrogen) atoms. The van der Waals surface area contributed by atoms with E-state index in [4.69, 9.17) is 14.6 Å². The number of carbonyl (C=O) groups excluding carboxylic acids is 2. The van der Waals surface area contributed by atoms with Gasteiger partial charge in [0.1, 0.15) is 11.5 Å². The molecule has 3 aromatic rings. The van der Waals surface area contributed by atoms with Crippen LogP contribution in [0.2, 0.25) is 0 Å². The van der Waals surface area contributed by atoms with Crippen molar-refractivity contribution >= 4 is 34.2 Å². The van der Waals surface area contributed by atoms with Crippen molar-refractivity contribution < 1.29 is 29.0 Å². The summed E-state index contributed by atoms with van der Waals surface area (Å²) in [5.74, 6) is -1.15. The Balaban J connectivity index is 1.82. The number of carbonyl (C=O) groups is 3. The van der Waals surface area contributed by atoms with Crippen LogP contribution < -0.4 is 14.4 Å². The topological polar surface area (TPSA) is 93.1 Å². The summed E-state index contributed by atoms with van der Waals surface area (Å²) in [5.41, 5.74) is 1.35. The maximum atomic E-state index is 13.8. The van der Waals surface area contributed by atoms with E-state index in [9.17, 15) is 14.4 Å². The van der Waals surface area contributed by atoms with E-state index in [1.165, 1.54) is 0 Å². The third kappa shape index (κ3) is 4.91. The van der Waals surface area contributed by atoms with E-state index >= 15 is 0 Å². The highest BCUT2D eigenvalue weighted by Gasteiger charge is 2.43. The first kappa shape index (κ1) is 25.2. The number of carboxylic acid groups (broad SMARTS) is 1. The Hall–Kier alpha value is -3.87. The van der Waals surface area contributed by atoms with E-state index in [1.807, 2.05) is 38.1 Å². The van der Waals surface area contributed by atoms with Gasteiger partial charge in [-0.2, -0.15) is 0 Å². The van der Waals surface area contributed by atoms with Crippen LogP contribution in [0.15, 0.2) is 48.5 Å². The second-order valence-corrected chi connectivity index (χ2v) is 9.21. The van der Waals surface area contributed by atoms with Crippen molar-refractivity contribution in [3.63, 3.8) is 0 Å². The Kier molecular flexibility index (Phi) is 7.58. The van der Waals surface area contributed by atoms with E-state index in [1.54, 1.807) is 24.3 Å². The van der Waals surface area contributed by atoms with E-state index in [-0.39, 0.29) is 23.7 Å². The predicted octanol–water partition coefficient (Wildman–Crippen LogP) is 6.01. The van der Waals surface area contributed by atoms with Crippen molar-refractivity contribution in [3.8, 4) is 11.5 Å². The molecule has 0 fully saturated rings. The molecule has 0 radical (unpaired) electrons. The summed E-state index contributed by atoms with van der Waals surface area (Å²) in [6.45, 7) is 6.33. The van der Waals surface area contributed by atoms with Crippen molar-refractivity contribution in [3.05, 3.63) is 65.2 Å². The summed E-state index contributed by atoms with van der Waals surface area (Å²) >= 11 is 0. The fourth-order valence-corrected chi connectivity index (χ4v) is 4.48. The van der Waals surface area contributed by atoms with Gasteiger partial charge in [0.25, 0.3) is 11.8 Å². The minimum absolute atomic E-state index is 0.143. The lowest BCUT2D eigenvalue weighted by molar-refractivity contribution is -0.136. The van der Waals surface area contributed by atoms with Crippen LogP contribution in [0.3, 0.4) is 0 Å². The molecule has 0 unspecified atom stereocenters. The van der Waals surface area contributed by atoms with Gasteiger partial charge in [-0.25, -0.2) is 4.90 Å². The number of amides is 2. The largest absolute Gasteiger partial charge is 0.492 e. The second-order valence-electron chi connectivity index (χ2n) is 9.21. The molecule has 1 heterocycles. The van der Waals surface area contributed by atoms with Gasteiger partial charge in [-0.3, -0.25) is 14.4 Å². The van der Waals surface area contributed by atoms with Crippen LogP contribution in [0, 0.1) is 0 Å². The summed E-state index contributed by atoms with van der Waals surface area (Å²) in [4.78, 5) is 39.7. The first-order valence-corrected chi connectivity index (χ1v) is 12.4. The Morgan fingerprint density at radius 3 is 2.08 bits per heavy atom. The highest BCUT2D eigenvalue weighted by molar-refractivity contribution is 6.38. The van der Waals surface area contributed by atoms with Crippen LogP contribution >= 0.6 is 0 Å². The van der Waals surface area contributed by atoms with Gasteiger partial charge < -0.3 is 14.6 Å². The van der Waals surface area contributed by atoms with Crippen LogP contribution in [0.1, 0.15) is 72.7 Å². The molecule has 2 amide bonds. The maximum absolute atomic E-state index is 13.8. The van der Waals surface area contributed by atoms with Gasteiger partial charge in [-0.15, -0.1) is 0 Å². The number of hydrogen-bond donors (Lipinski definition) is 1. The Morgan fingerprint density at radius 1 is 0.889 bits per heavy atom. The fourth-order valence-electron chi connectivity index (χ4n) is 4.48. The number of carboxylic acids is 1. The molecule has 188 valence electrons. The Morgan fingerprint density at radius 2 is 1.50 bits per heavy atom. The van der Waals surface area contributed by atoms with E-state index in [2.05, 4.69) is 6.92 Å². The van der Waals surface area contributed by atoms with Crippen LogP contribution in [0.25, 0.3) is 10.8 Å². The minimum atomic E-state index is -0.952. The Labute approximate surface area is 210 Å². The molecule has 0 spiro atoms. The molecular weight excluding hydrogens is 458 g/mol. The zero-order chi connectivity index (χ0) is 25.8. The van der Waals surface area contributed by atoms with E-state index in [0.29, 0.717) is 34.7 Å². The summed E-state index contributed by atoms with van der Waals surface area (Å²) in [7, 11) is 0. The van der Waals surface area contributed by atoms with Gasteiger partial charge >= 0.3 is 5.97 Å². The lowest BCUT2D eigenvalue weighted by atomic mass is 9.98. The molecule has 0 aromatic heterocycles. The van der Waals surface area contributed by atoms with Crippen LogP contribution in [0.5, 0.6) is 11.5 Å². The third-order valence-electron chi connectivity index (χ3n) is 6.10. The van der Waals surface area contributed by atoms with Crippen molar-refractivity contribution in [2.75, 3.05) is 11.5 Å². The fraction of sp³-hybridized carbons (Fsp3) is 0.345. The van der Waals surface area contributed by atoms with Gasteiger partial charge in [-0.05, 0) is 38.0 Å². The number of hydrogen-bond acceptors (Lipinski definition) is 5. The molecule has 1 aliphatic heterocycles. The smallest absolute Gasteiger partial charge is 0.307 e. The van der Waals surface area contributed by atoms with Crippen LogP contribution in [-0.4, -0.2) is 35.6 Å². The van der Waals surface area contributed by atoms with Crippen molar-refractivity contribution in [1.29, 1.82) is 0 Å². The van der Waals surface area contributed by atoms with Crippen LogP contribution in [-0.2, 0) is 11.2 Å². The summed E-state index contributed by atoms with van der Waals surface area (Å²) in [5, 5.41) is 10.5. The van der Waals surface area contributed by atoms with Gasteiger partial charge in [0.2, 0.25) is 0 Å². The molecule has 0 bridgehead atoms. The standard InChI is InChI=1S/C29H31NO6/c1-4-5-6-9-16-35-26-21-10-7-8-11-22(21)27(36-18(2)3)25-24(26)28(33)30(29(25)34)20-14-12-19(13-15-20)17-23(31)32/h7-8,10-15,18H,4-6,9,16-17H2,1-3H3,(H,31,32). The summed E-state index contributed by atoms with van der Waals surface area (Å²) in [6.07, 6.45) is 3.71. The zero-order valence-corrected chi connectivity index (χ0v) is 20.9. The average molecular weight is 490 g/mol. The number of aliphatic carboxylic acids is 1. The number of imide groups is 1. The monoisotopic (exact) mass is 489 g/mol. The number of anilines is 1. The third-order valence-corrected chi connectivity index (χ3v) is 6.10. The van der Waals surface area contributed by atoms with Gasteiger partial charge in [0, 0.05) is 10.8 Å². The molecule has 0 aliphatic carbocycles. The zero-order valence-electron chi connectivity index (χ0n) is 20.9. The van der Waals surface area contributed by atoms with Gasteiger partial charge in [-0.1, -0.05) is 62.6 Å². The highest BCUT2D eigenvalue weighted by atomic mass is 16.5. The first-order valence-electron chi connectivity index (χ1n) is 12.4. The number of ether oxygens (including phenoxy) is 2. The number of nitrogens with zero attached hydrogens (tertiary/aromatic N) is 1. The number of unbranched alkanes of at least 4 members (excludes halogenated alkanes) is 3. The van der Waals surface area contributed by atoms with Gasteiger partial charge in [0.15, 0.2) is 0 Å². The number of benzene rings is 3. The normalized spacial score (nSPS) is 12.9. The number of fused-ring (bicyclic) bond motifs is 2. The average Bonchev–Trinajstić information content (AvgIpc) is 3.10. The molecule has 0 saturated carbocycles. The van der Waals surface area contributed by atoms with Crippen LogP contribution in [0.4, 0.5) is 5.69 Å². The molecule has 0 saturated heterocycles. The highest BCUT2D eigenvalue weighted by Crippen LogP contribution is 2.46. The molecule has 1 N–H and O–H groups in total. The van der Waals surface area contributed by atoms with E-state index < -0.39 is 17.8 Å². The van der Waals surface area contributed by atoms with Gasteiger partial charge in [0.05, 0.1) is 35.9 Å².